The number of ether oxygens (including phenoxy) is 1. The predicted octanol–water partition coefficient (Wildman–Crippen LogP) is 6.08. The lowest BCUT2D eigenvalue weighted by molar-refractivity contribution is 0.413. The van der Waals surface area contributed by atoms with Crippen LogP contribution >= 0.6 is 15.9 Å². The Morgan fingerprint density at radius 2 is 1.88 bits per heavy atom. The molecule has 32 heavy (non-hydrogen) atoms. The molecule has 1 N–H and O–H groups in total. The van der Waals surface area contributed by atoms with Crippen molar-refractivity contribution in [2.75, 3.05) is 12.4 Å². The maximum atomic E-state index is 13.4. The van der Waals surface area contributed by atoms with Crippen LogP contribution in [0.4, 0.5) is 15.8 Å². The summed E-state index contributed by atoms with van der Waals surface area (Å²) in [5.41, 5.74) is 5.27. The summed E-state index contributed by atoms with van der Waals surface area (Å²) in [6.45, 7) is 0. The number of methoxy groups -OCH3 is 1. The molecule has 0 saturated carbocycles. The van der Waals surface area contributed by atoms with E-state index in [1.54, 1.807) is 25.6 Å². The number of aryl methyl sites for hydroxylation is 1. The molecule has 0 radical (unpaired) electrons. The molecule has 5 aromatic rings. The van der Waals surface area contributed by atoms with Crippen molar-refractivity contribution in [3.05, 3.63) is 83.6 Å². The highest BCUT2D eigenvalue weighted by molar-refractivity contribution is 9.10. The molecule has 0 saturated heterocycles. The van der Waals surface area contributed by atoms with E-state index in [1.807, 2.05) is 58.8 Å². The number of para-hydroxylation sites is 1. The van der Waals surface area contributed by atoms with Crippen molar-refractivity contribution in [1.82, 2.24) is 19.1 Å². The number of benzene rings is 3. The lowest BCUT2D eigenvalue weighted by Crippen LogP contribution is -1.98. The number of nitrogens with zero attached hydrogens (tertiary/aromatic N) is 4. The second-order valence-corrected chi connectivity index (χ2v) is 8.10. The van der Waals surface area contributed by atoms with E-state index >= 15 is 0 Å². The monoisotopic (exact) mass is 491 g/mol. The predicted molar refractivity (Wildman–Crippen MR) is 127 cm³/mol. The van der Waals surface area contributed by atoms with Gasteiger partial charge in [0, 0.05) is 30.6 Å². The Labute approximate surface area is 192 Å². The third-order valence-corrected chi connectivity index (χ3v) is 5.71. The molecular weight excluding hydrogens is 473 g/mol. The van der Waals surface area contributed by atoms with Crippen molar-refractivity contribution in [3.8, 4) is 22.8 Å². The molecule has 8 heteroatoms. The highest BCUT2D eigenvalue weighted by atomic mass is 79.9. The number of rotatable bonds is 5. The first kappa shape index (κ1) is 20.3. The van der Waals surface area contributed by atoms with Crippen LogP contribution in [0.25, 0.3) is 28.1 Å². The molecule has 6 nitrogen and oxygen atoms in total. The van der Waals surface area contributed by atoms with Gasteiger partial charge in [0.25, 0.3) is 0 Å². The number of halogens is 2. The van der Waals surface area contributed by atoms with Gasteiger partial charge in [0.2, 0.25) is 0 Å². The van der Waals surface area contributed by atoms with Gasteiger partial charge in [0.1, 0.15) is 33.8 Å². The Bertz CT molecular complexity index is 1420. The molecule has 0 unspecified atom stereocenters. The fourth-order valence-electron chi connectivity index (χ4n) is 3.73. The molecule has 3 aromatic carbocycles. The van der Waals surface area contributed by atoms with E-state index in [0.29, 0.717) is 5.75 Å². The lowest BCUT2D eigenvalue weighted by Gasteiger charge is -2.13. The molecule has 0 spiro atoms. The van der Waals surface area contributed by atoms with E-state index in [0.717, 1.165) is 44.1 Å². The number of imidazole rings is 2. The van der Waals surface area contributed by atoms with Crippen LogP contribution in [-0.2, 0) is 7.05 Å². The standard InChI is InChI=1S/C24H19BrFN5O/c1-30-20-5-3-4-18(23(20)29-24(30)15-6-8-16(26)9-7-15)28-17-10-11-19(21(12-17)32-2)31-13-22(25)27-14-31/h3-14,28H,1-2H3. The molecule has 0 amide bonds. The van der Waals surface area contributed by atoms with Gasteiger partial charge in [-0.3, -0.25) is 0 Å². The quantitative estimate of drug-likeness (QED) is 0.323. The Morgan fingerprint density at radius 3 is 2.59 bits per heavy atom. The summed E-state index contributed by atoms with van der Waals surface area (Å²) in [6.07, 6.45) is 3.59. The number of fused-ring (bicyclic) bond motifs is 1. The molecule has 0 aliphatic carbocycles. The van der Waals surface area contributed by atoms with Gasteiger partial charge in [-0.1, -0.05) is 6.07 Å². The van der Waals surface area contributed by atoms with Crippen LogP contribution in [0.15, 0.2) is 77.8 Å². The smallest absolute Gasteiger partial charge is 0.144 e. The zero-order chi connectivity index (χ0) is 22.2. The summed E-state index contributed by atoms with van der Waals surface area (Å²) < 4.78 is 23.6. The molecule has 2 aromatic heterocycles. The largest absolute Gasteiger partial charge is 0.494 e. The van der Waals surface area contributed by atoms with E-state index in [9.17, 15) is 4.39 Å². The number of anilines is 2. The van der Waals surface area contributed by atoms with Gasteiger partial charge in [-0.05, 0) is 64.5 Å². The first-order chi connectivity index (χ1) is 15.5. The van der Waals surface area contributed by atoms with Gasteiger partial charge in [-0.2, -0.15) is 0 Å². The van der Waals surface area contributed by atoms with Gasteiger partial charge in [0.15, 0.2) is 0 Å². The Morgan fingerprint density at radius 1 is 1.06 bits per heavy atom. The molecule has 0 aliphatic rings. The number of aromatic nitrogens is 4. The zero-order valence-electron chi connectivity index (χ0n) is 17.4. The minimum absolute atomic E-state index is 0.268. The molecule has 0 bridgehead atoms. The average molecular weight is 492 g/mol. The molecule has 5 rings (SSSR count). The summed E-state index contributed by atoms with van der Waals surface area (Å²) in [5.74, 6) is 1.21. The van der Waals surface area contributed by atoms with Crippen LogP contribution in [0.5, 0.6) is 5.75 Å². The van der Waals surface area contributed by atoms with Crippen LogP contribution < -0.4 is 10.1 Å². The minimum Gasteiger partial charge on any atom is -0.494 e. The lowest BCUT2D eigenvalue weighted by atomic mass is 10.2. The average Bonchev–Trinajstić information content (AvgIpc) is 3.38. The Hall–Kier alpha value is -3.65. The van der Waals surface area contributed by atoms with E-state index < -0.39 is 0 Å². The van der Waals surface area contributed by atoms with Crippen molar-refractivity contribution < 1.29 is 9.13 Å². The minimum atomic E-state index is -0.268. The van der Waals surface area contributed by atoms with E-state index in [-0.39, 0.29) is 5.82 Å². The van der Waals surface area contributed by atoms with E-state index in [2.05, 4.69) is 26.2 Å². The third kappa shape index (κ3) is 3.62. The van der Waals surface area contributed by atoms with Crippen LogP contribution in [0.3, 0.4) is 0 Å². The number of hydrogen-bond acceptors (Lipinski definition) is 4. The number of hydrogen-bond donors (Lipinski definition) is 1. The zero-order valence-corrected chi connectivity index (χ0v) is 19.0. The van der Waals surface area contributed by atoms with Crippen LogP contribution in [0, 0.1) is 5.82 Å². The topological polar surface area (TPSA) is 56.9 Å². The second kappa shape index (κ2) is 8.12. The fraction of sp³-hybridized carbons (Fsp3) is 0.0833. The molecular formula is C24H19BrFN5O. The summed E-state index contributed by atoms with van der Waals surface area (Å²) in [6, 6.07) is 18.2. The van der Waals surface area contributed by atoms with Crippen molar-refractivity contribution in [2.45, 2.75) is 0 Å². The summed E-state index contributed by atoms with van der Waals surface area (Å²) in [7, 11) is 3.60. The number of nitrogens with one attached hydrogen (secondary N) is 1. The van der Waals surface area contributed by atoms with E-state index in [4.69, 9.17) is 9.72 Å². The molecule has 0 atom stereocenters. The first-order valence-electron chi connectivity index (χ1n) is 9.90. The Kier molecular flexibility index (Phi) is 5.14. The highest BCUT2D eigenvalue weighted by Crippen LogP contribution is 2.33. The van der Waals surface area contributed by atoms with Gasteiger partial charge >= 0.3 is 0 Å². The summed E-state index contributed by atoms with van der Waals surface area (Å²) >= 11 is 3.37. The second-order valence-electron chi connectivity index (χ2n) is 7.29. The Balaban J connectivity index is 1.53. The molecule has 2 heterocycles. The highest BCUT2D eigenvalue weighted by Gasteiger charge is 2.14. The summed E-state index contributed by atoms with van der Waals surface area (Å²) in [4.78, 5) is 9.06. The van der Waals surface area contributed by atoms with E-state index in [1.165, 1.54) is 12.1 Å². The molecule has 160 valence electrons. The van der Waals surface area contributed by atoms with Crippen LogP contribution in [0.1, 0.15) is 0 Å². The maximum absolute atomic E-state index is 13.4. The van der Waals surface area contributed by atoms with Gasteiger partial charge in [-0.15, -0.1) is 0 Å². The maximum Gasteiger partial charge on any atom is 0.144 e. The normalized spacial score (nSPS) is 11.1. The fourth-order valence-corrected chi connectivity index (χ4v) is 4.04. The van der Waals surface area contributed by atoms with Crippen molar-refractivity contribution in [3.63, 3.8) is 0 Å². The van der Waals surface area contributed by atoms with Gasteiger partial charge in [0.05, 0.1) is 24.0 Å². The first-order valence-corrected chi connectivity index (χ1v) is 10.7. The van der Waals surface area contributed by atoms with Crippen LogP contribution in [-0.4, -0.2) is 26.2 Å². The van der Waals surface area contributed by atoms with Crippen molar-refractivity contribution in [1.29, 1.82) is 0 Å². The SMILES string of the molecule is COc1cc(Nc2cccc3c2nc(-c2ccc(F)cc2)n3C)ccc1-n1cnc(Br)c1. The van der Waals surface area contributed by atoms with Crippen molar-refractivity contribution in [2.24, 2.45) is 7.05 Å². The van der Waals surface area contributed by atoms with Crippen LogP contribution in [0.2, 0.25) is 0 Å². The molecule has 0 aliphatic heterocycles. The summed E-state index contributed by atoms with van der Waals surface area (Å²) in [5, 5.41) is 3.46. The third-order valence-electron chi connectivity index (χ3n) is 5.30. The van der Waals surface area contributed by atoms with Crippen molar-refractivity contribution >= 4 is 38.3 Å². The molecule has 0 fully saturated rings. The van der Waals surface area contributed by atoms with Gasteiger partial charge < -0.3 is 19.2 Å². The van der Waals surface area contributed by atoms with Gasteiger partial charge in [-0.25, -0.2) is 14.4 Å².